The van der Waals surface area contributed by atoms with Gasteiger partial charge in [-0.25, -0.2) is 4.98 Å². The molecular formula is C12H11Cl2NOS. The Balaban J connectivity index is 2.22. The van der Waals surface area contributed by atoms with Crippen LogP contribution in [0.25, 0.3) is 0 Å². The largest absolute Gasteiger partial charge is 0.388 e. The molecule has 2 rings (SSSR count). The Morgan fingerprint density at radius 1 is 1.35 bits per heavy atom. The molecule has 1 aromatic heterocycles. The molecule has 17 heavy (non-hydrogen) atoms. The third-order valence-corrected chi connectivity index (χ3v) is 4.02. The van der Waals surface area contributed by atoms with Crippen LogP contribution < -0.4 is 0 Å². The average molecular weight is 288 g/mol. The average Bonchev–Trinajstić information content (AvgIpc) is 2.63. The number of halogens is 2. The molecule has 0 bridgehead atoms. The summed E-state index contributed by atoms with van der Waals surface area (Å²) in [6, 6.07) is 5.20. The van der Waals surface area contributed by atoms with Gasteiger partial charge in [-0.1, -0.05) is 29.3 Å². The molecule has 0 aliphatic carbocycles. The van der Waals surface area contributed by atoms with Crippen LogP contribution in [-0.2, 0) is 6.42 Å². The minimum Gasteiger partial charge on any atom is -0.388 e. The minimum atomic E-state index is -0.721. The van der Waals surface area contributed by atoms with Crippen molar-refractivity contribution in [3.8, 4) is 0 Å². The summed E-state index contributed by atoms with van der Waals surface area (Å²) in [6.45, 7) is 1.93. The molecule has 0 saturated carbocycles. The highest BCUT2D eigenvalue weighted by molar-refractivity contribution is 7.09. The van der Waals surface area contributed by atoms with Gasteiger partial charge in [0, 0.05) is 33.1 Å². The van der Waals surface area contributed by atoms with E-state index in [2.05, 4.69) is 4.98 Å². The van der Waals surface area contributed by atoms with Crippen LogP contribution in [0, 0.1) is 6.92 Å². The Labute approximate surface area is 114 Å². The molecule has 0 amide bonds. The first-order valence-electron chi connectivity index (χ1n) is 5.11. The summed E-state index contributed by atoms with van der Waals surface area (Å²) in [4.78, 5) is 4.31. The predicted molar refractivity (Wildman–Crippen MR) is 72.0 cm³/mol. The second-order valence-electron chi connectivity index (χ2n) is 3.74. The van der Waals surface area contributed by atoms with E-state index in [0.29, 0.717) is 22.0 Å². The van der Waals surface area contributed by atoms with E-state index in [9.17, 15) is 5.11 Å². The molecule has 1 heterocycles. The molecular weight excluding hydrogens is 277 g/mol. The lowest BCUT2D eigenvalue weighted by Crippen LogP contribution is -2.03. The molecule has 1 atom stereocenters. The molecule has 1 N–H and O–H groups in total. The van der Waals surface area contributed by atoms with Crippen molar-refractivity contribution >= 4 is 34.5 Å². The minimum absolute atomic E-state index is 0.433. The highest BCUT2D eigenvalue weighted by Gasteiger charge is 2.17. The van der Waals surface area contributed by atoms with E-state index in [1.165, 1.54) is 11.3 Å². The van der Waals surface area contributed by atoms with Gasteiger partial charge in [-0.2, -0.15) is 0 Å². The van der Waals surface area contributed by atoms with Gasteiger partial charge in [0.2, 0.25) is 0 Å². The topological polar surface area (TPSA) is 33.1 Å². The molecule has 1 unspecified atom stereocenters. The van der Waals surface area contributed by atoms with Crippen LogP contribution in [0.15, 0.2) is 23.6 Å². The van der Waals surface area contributed by atoms with Crippen molar-refractivity contribution in [2.45, 2.75) is 19.4 Å². The fraction of sp³-hybridized carbons (Fsp3) is 0.250. The maximum absolute atomic E-state index is 10.1. The summed E-state index contributed by atoms with van der Waals surface area (Å²) in [5, 5.41) is 13.9. The summed E-state index contributed by atoms with van der Waals surface area (Å²) in [5.74, 6) is 0. The first-order chi connectivity index (χ1) is 8.08. The second-order valence-corrected chi connectivity index (χ2v) is 5.49. The number of thiazole rings is 1. The molecule has 90 valence electrons. The summed E-state index contributed by atoms with van der Waals surface area (Å²) >= 11 is 13.6. The van der Waals surface area contributed by atoms with Crippen LogP contribution in [-0.4, -0.2) is 10.1 Å². The van der Waals surface area contributed by atoms with Gasteiger partial charge in [0.05, 0.1) is 11.1 Å². The Morgan fingerprint density at radius 2 is 2.00 bits per heavy atom. The smallest absolute Gasteiger partial charge is 0.0957 e. The van der Waals surface area contributed by atoms with E-state index in [0.717, 1.165) is 10.7 Å². The fourth-order valence-electron chi connectivity index (χ4n) is 1.59. The molecule has 0 aliphatic heterocycles. The van der Waals surface area contributed by atoms with E-state index in [-0.39, 0.29) is 0 Å². The highest BCUT2D eigenvalue weighted by Crippen LogP contribution is 2.32. The third kappa shape index (κ3) is 2.99. The monoisotopic (exact) mass is 287 g/mol. The number of rotatable bonds is 3. The molecule has 0 spiro atoms. The van der Waals surface area contributed by atoms with Crippen molar-refractivity contribution in [1.29, 1.82) is 0 Å². The fourth-order valence-corrected chi connectivity index (χ4v) is 3.05. The SMILES string of the molecule is Cc1csc(CC(O)c2c(Cl)cccc2Cl)n1. The third-order valence-electron chi connectivity index (χ3n) is 2.37. The van der Waals surface area contributed by atoms with Crippen molar-refractivity contribution in [2.24, 2.45) is 0 Å². The van der Waals surface area contributed by atoms with E-state index < -0.39 is 6.10 Å². The van der Waals surface area contributed by atoms with Gasteiger partial charge in [-0.05, 0) is 19.1 Å². The van der Waals surface area contributed by atoms with Crippen molar-refractivity contribution in [3.63, 3.8) is 0 Å². The maximum atomic E-state index is 10.1. The van der Waals surface area contributed by atoms with E-state index in [1.54, 1.807) is 18.2 Å². The quantitative estimate of drug-likeness (QED) is 0.924. The Kier molecular flexibility index (Phi) is 4.05. The number of aromatic nitrogens is 1. The van der Waals surface area contributed by atoms with Crippen molar-refractivity contribution in [1.82, 2.24) is 4.98 Å². The van der Waals surface area contributed by atoms with Crippen molar-refractivity contribution in [2.75, 3.05) is 0 Å². The normalized spacial score (nSPS) is 12.7. The first kappa shape index (κ1) is 12.8. The lowest BCUT2D eigenvalue weighted by molar-refractivity contribution is 0.178. The zero-order chi connectivity index (χ0) is 12.4. The van der Waals surface area contributed by atoms with Crippen LogP contribution in [0.4, 0.5) is 0 Å². The molecule has 2 nitrogen and oxygen atoms in total. The number of aliphatic hydroxyl groups excluding tert-OH is 1. The maximum Gasteiger partial charge on any atom is 0.0957 e. The lowest BCUT2D eigenvalue weighted by Gasteiger charge is -2.12. The number of benzene rings is 1. The van der Waals surface area contributed by atoms with Gasteiger partial charge >= 0.3 is 0 Å². The molecule has 2 aromatic rings. The molecule has 1 aromatic carbocycles. The van der Waals surface area contributed by atoms with E-state index >= 15 is 0 Å². The van der Waals surface area contributed by atoms with Gasteiger partial charge in [-0.3, -0.25) is 0 Å². The Bertz CT molecular complexity index is 507. The molecule has 0 saturated heterocycles. The highest BCUT2D eigenvalue weighted by atomic mass is 35.5. The van der Waals surface area contributed by atoms with Gasteiger partial charge in [0.1, 0.15) is 0 Å². The lowest BCUT2D eigenvalue weighted by atomic mass is 10.1. The van der Waals surface area contributed by atoms with Crippen LogP contribution in [0.2, 0.25) is 10.0 Å². The molecule has 0 fully saturated rings. The van der Waals surface area contributed by atoms with Crippen molar-refractivity contribution < 1.29 is 5.11 Å². The number of nitrogens with zero attached hydrogens (tertiary/aromatic N) is 1. The summed E-state index contributed by atoms with van der Waals surface area (Å²) in [7, 11) is 0. The van der Waals surface area contributed by atoms with Gasteiger partial charge in [0.25, 0.3) is 0 Å². The van der Waals surface area contributed by atoms with Gasteiger partial charge in [0.15, 0.2) is 0 Å². The number of hydrogen-bond acceptors (Lipinski definition) is 3. The van der Waals surface area contributed by atoms with Crippen LogP contribution in [0.3, 0.4) is 0 Å². The number of hydrogen-bond donors (Lipinski definition) is 1. The van der Waals surface area contributed by atoms with Crippen molar-refractivity contribution in [3.05, 3.63) is 49.9 Å². The van der Waals surface area contributed by atoms with Crippen LogP contribution >= 0.6 is 34.5 Å². The van der Waals surface area contributed by atoms with Crippen LogP contribution in [0.5, 0.6) is 0 Å². The van der Waals surface area contributed by atoms with Gasteiger partial charge in [-0.15, -0.1) is 11.3 Å². The summed E-state index contributed by atoms with van der Waals surface area (Å²) < 4.78 is 0. The summed E-state index contributed by atoms with van der Waals surface area (Å²) in [6.07, 6.45) is -0.288. The molecule has 0 aliphatic rings. The number of aliphatic hydroxyl groups is 1. The Morgan fingerprint density at radius 3 is 2.53 bits per heavy atom. The molecule has 5 heteroatoms. The van der Waals surface area contributed by atoms with E-state index in [1.807, 2.05) is 12.3 Å². The number of aryl methyl sites for hydroxylation is 1. The summed E-state index contributed by atoms with van der Waals surface area (Å²) in [5.41, 5.74) is 1.53. The standard InChI is InChI=1S/C12H11Cl2NOS/c1-7-6-17-11(15-7)5-10(16)12-8(13)3-2-4-9(12)14/h2-4,6,10,16H,5H2,1H3. The van der Waals surface area contributed by atoms with E-state index in [4.69, 9.17) is 23.2 Å². The second kappa shape index (κ2) is 5.36. The first-order valence-corrected chi connectivity index (χ1v) is 6.74. The zero-order valence-electron chi connectivity index (χ0n) is 9.15. The molecule has 0 radical (unpaired) electrons. The zero-order valence-corrected chi connectivity index (χ0v) is 11.5. The predicted octanol–water partition coefficient (Wildman–Crippen LogP) is 4.03. The Hall–Kier alpha value is -0.610. The van der Waals surface area contributed by atoms with Gasteiger partial charge < -0.3 is 5.11 Å². The van der Waals surface area contributed by atoms with Crippen LogP contribution in [0.1, 0.15) is 22.4 Å².